The molecule has 0 saturated heterocycles. The maximum atomic E-state index is 12.6. The first-order chi connectivity index (χ1) is 12.7. The van der Waals surface area contributed by atoms with Crippen molar-refractivity contribution in [1.29, 1.82) is 0 Å². The van der Waals surface area contributed by atoms with E-state index in [4.69, 9.17) is 9.47 Å². The lowest BCUT2D eigenvalue weighted by Crippen LogP contribution is -2.27. The maximum Gasteiger partial charge on any atom is 0.253 e. The highest BCUT2D eigenvalue weighted by Gasteiger charge is 2.16. The topological polar surface area (TPSA) is 76.2 Å². The van der Waals surface area contributed by atoms with E-state index in [9.17, 15) is 13.2 Å². The molecule has 0 unspecified atom stereocenters. The first kappa shape index (κ1) is 20.6. The van der Waals surface area contributed by atoms with Crippen molar-refractivity contribution >= 4 is 21.6 Å². The number of hydrogen-bond donors (Lipinski definition) is 0. The number of carbonyl (C=O) groups excluding carboxylic acids is 1. The van der Waals surface area contributed by atoms with Crippen LogP contribution < -0.4 is 13.8 Å². The van der Waals surface area contributed by atoms with E-state index in [1.54, 1.807) is 56.5 Å². The van der Waals surface area contributed by atoms with Crippen molar-refractivity contribution < 1.29 is 22.7 Å². The molecule has 7 nitrogen and oxygen atoms in total. The molecule has 0 heterocycles. The molecule has 146 valence electrons. The number of ether oxygens (including phenoxy) is 2. The van der Waals surface area contributed by atoms with Crippen LogP contribution in [0.1, 0.15) is 15.9 Å². The predicted molar refractivity (Wildman–Crippen MR) is 105 cm³/mol. The zero-order chi connectivity index (χ0) is 20.2. The third kappa shape index (κ3) is 4.91. The Labute approximate surface area is 160 Å². The van der Waals surface area contributed by atoms with Gasteiger partial charge in [-0.3, -0.25) is 9.10 Å². The number of anilines is 1. The van der Waals surface area contributed by atoms with Gasteiger partial charge < -0.3 is 14.4 Å². The highest BCUT2D eigenvalue weighted by atomic mass is 32.2. The average molecular weight is 392 g/mol. The largest absolute Gasteiger partial charge is 0.493 e. The summed E-state index contributed by atoms with van der Waals surface area (Å²) in [6, 6.07) is 11.9. The lowest BCUT2D eigenvalue weighted by atomic mass is 10.1. The number of benzene rings is 2. The van der Waals surface area contributed by atoms with E-state index < -0.39 is 10.0 Å². The summed E-state index contributed by atoms with van der Waals surface area (Å²) >= 11 is 0. The SMILES string of the molecule is COc1ccc(CN(C)C(=O)c2ccc(N(C)S(C)(=O)=O)cc2)cc1OC. The van der Waals surface area contributed by atoms with Crippen LogP contribution in [0.5, 0.6) is 11.5 Å². The second kappa shape index (κ2) is 8.30. The number of rotatable bonds is 7. The summed E-state index contributed by atoms with van der Waals surface area (Å²) in [6.45, 7) is 0.393. The summed E-state index contributed by atoms with van der Waals surface area (Å²) in [5.74, 6) is 1.06. The van der Waals surface area contributed by atoms with Gasteiger partial charge in [-0.25, -0.2) is 8.42 Å². The first-order valence-corrected chi connectivity index (χ1v) is 10.0. The highest BCUT2D eigenvalue weighted by molar-refractivity contribution is 7.92. The van der Waals surface area contributed by atoms with Crippen LogP contribution in [0.4, 0.5) is 5.69 Å². The molecular formula is C19H24N2O5S. The van der Waals surface area contributed by atoms with Crippen molar-refractivity contribution in [2.45, 2.75) is 6.54 Å². The molecule has 0 radical (unpaired) electrons. The molecule has 0 aromatic heterocycles. The van der Waals surface area contributed by atoms with E-state index in [-0.39, 0.29) is 5.91 Å². The molecule has 0 aliphatic rings. The third-order valence-electron chi connectivity index (χ3n) is 4.19. The Morgan fingerprint density at radius 3 is 2.07 bits per heavy atom. The molecule has 0 atom stereocenters. The fourth-order valence-electron chi connectivity index (χ4n) is 2.55. The number of methoxy groups -OCH3 is 2. The number of nitrogens with zero attached hydrogens (tertiary/aromatic N) is 2. The van der Waals surface area contributed by atoms with Crippen LogP contribution in [-0.4, -0.2) is 53.8 Å². The molecule has 0 saturated carbocycles. The second-order valence-electron chi connectivity index (χ2n) is 6.13. The van der Waals surface area contributed by atoms with E-state index in [0.29, 0.717) is 29.3 Å². The Bertz CT molecular complexity index is 910. The molecule has 0 aliphatic carbocycles. The van der Waals surface area contributed by atoms with Crippen LogP contribution in [0.2, 0.25) is 0 Å². The summed E-state index contributed by atoms with van der Waals surface area (Å²) in [7, 11) is 2.96. The number of sulfonamides is 1. The smallest absolute Gasteiger partial charge is 0.253 e. The van der Waals surface area contributed by atoms with Crippen molar-refractivity contribution in [3.05, 3.63) is 53.6 Å². The van der Waals surface area contributed by atoms with Crippen LogP contribution in [0.25, 0.3) is 0 Å². The molecule has 8 heteroatoms. The fraction of sp³-hybridized carbons (Fsp3) is 0.316. The predicted octanol–water partition coefficient (Wildman–Crippen LogP) is 2.37. The monoisotopic (exact) mass is 392 g/mol. The van der Waals surface area contributed by atoms with E-state index in [2.05, 4.69) is 0 Å². The van der Waals surface area contributed by atoms with E-state index in [1.165, 1.54) is 7.05 Å². The molecular weight excluding hydrogens is 368 g/mol. The minimum atomic E-state index is -3.34. The molecule has 2 aromatic carbocycles. The van der Waals surface area contributed by atoms with Crippen molar-refractivity contribution in [1.82, 2.24) is 4.90 Å². The van der Waals surface area contributed by atoms with Gasteiger partial charge in [-0.1, -0.05) is 6.07 Å². The fourth-order valence-corrected chi connectivity index (χ4v) is 3.06. The van der Waals surface area contributed by atoms with Crippen molar-refractivity contribution in [2.75, 3.05) is 38.9 Å². The zero-order valence-corrected chi connectivity index (χ0v) is 16.9. The zero-order valence-electron chi connectivity index (χ0n) is 16.1. The maximum absolute atomic E-state index is 12.6. The summed E-state index contributed by atoms with van der Waals surface area (Å²) in [4.78, 5) is 14.2. The van der Waals surface area contributed by atoms with Gasteiger partial charge in [-0.05, 0) is 42.0 Å². The minimum Gasteiger partial charge on any atom is -0.493 e. The van der Waals surface area contributed by atoms with Gasteiger partial charge in [0, 0.05) is 26.2 Å². The summed E-state index contributed by atoms with van der Waals surface area (Å²) in [6.07, 6.45) is 1.13. The van der Waals surface area contributed by atoms with Crippen molar-refractivity contribution in [3.63, 3.8) is 0 Å². The van der Waals surface area contributed by atoms with Gasteiger partial charge in [0.1, 0.15) is 0 Å². The van der Waals surface area contributed by atoms with Gasteiger partial charge in [0.25, 0.3) is 5.91 Å². The highest BCUT2D eigenvalue weighted by Crippen LogP contribution is 2.28. The van der Waals surface area contributed by atoms with Crippen molar-refractivity contribution in [3.8, 4) is 11.5 Å². The molecule has 2 aromatic rings. The molecule has 0 bridgehead atoms. The standard InChI is InChI=1S/C19H24N2O5S/c1-20(13-14-6-11-17(25-3)18(12-14)26-4)19(22)15-7-9-16(10-8-15)21(2)27(5,23)24/h6-12H,13H2,1-5H3. The first-order valence-electron chi connectivity index (χ1n) is 8.17. The minimum absolute atomic E-state index is 0.168. The van der Waals surface area contributed by atoms with Crippen LogP contribution in [0, 0.1) is 0 Å². The van der Waals surface area contributed by atoms with Gasteiger partial charge in [0.2, 0.25) is 10.0 Å². The summed E-state index contributed by atoms with van der Waals surface area (Å²) in [5, 5.41) is 0. The Morgan fingerprint density at radius 2 is 1.56 bits per heavy atom. The van der Waals surface area contributed by atoms with Gasteiger partial charge in [0.15, 0.2) is 11.5 Å². The number of amides is 1. The molecule has 27 heavy (non-hydrogen) atoms. The van der Waals surface area contributed by atoms with Gasteiger partial charge in [-0.15, -0.1) is 0 Å². The molecule has 0 aliphatic heterocycles. The Kier molecular flexibility index (Phi) is 6.32. The van der Waals surface area contributed by atoms with E-state index in [1.807, 2.05) is 12.1 Å². The Morgan fingerprint density at radius 1 is 0.963 bits per heavy atom. The molecule has 0 fully saturated rings. The second-order valence-corrected chi connectivity index (χ2v) is 8.14. The summed E-state index contributed by atoms with van der Waals surface area (Å²) in [5.41, 5.74) is 1.87. The quantitative estimate of drug-likeness (QED) is 0.723. The van der Waals surface area contributed by atoms with Gasteiger partial charge in [0.05, 0.1) is 26.2 Å². The average Bonchev–Trinajstić information content (AvgIpc) is 2.66. The Balaban J connectivity index is 2.13. The molecule has 0 N–H and O–H groups in total. The Hall–Kier alpha value is -2.74. The van der Waals surface area contributed by atoms with Gasteiger partial charge >= 0.3 is 0 Å². The number of hydrogen-bond acceptors (Lipinski definition) is 5. The third-order valence-corrected chi connectivity index (χ3v) is 5.40. The van der Waals surface area contributed by atoms with Gasteiger partial charge in [-0.2, -0.15) is 0 Å². The number of carbonyl (C=O) groups is 1. The van der Waals surface area contributed by atoms with Crippen LogP contribution in [0.15, 0.2) is 42.5 Å². The van der Waals surface area contributed by atoms with E-state index >= 15 is 0 Å². The molecule has 1 amide bonds. The molecule has 0 spiro atoms. The summed E-state index contributed by atoms with van der Waals surface area (Å²) < 4.78 is 34.8. The van der Waals surface area contributed by atoms with E-state index in [0.717, 1.165) is 16.1 Å². The lowest BCUT2D eigenvalue weighted by Gasteiger charge is -2.20. The van der Waals surface area contributed by atoms with Crippen LogP contribution in [0.3, 0.4) is 0 Å². The lowest BCUT2D eigenvalue weighted by molar-refractivity contribution is 0.0785. The normalized spacial score (nSPS) is 11.0. The molecule has 2 rings (SSSR count). The van der Waals surface area contributed by atoms with Crippen molar-refractivity contribution in [2.24, 2.45) is 0 Å². The van der Waals surface area contributed by atoms with Crippen LogP contribution in [-0.2, 0) is 16.6 Å². The van der Waals surface area contributed by atoms with Crippen LogP contribution >= 0.6 is 0 Å².